The average Bonchev–Trinajstić information content (AvgIpc) is 2.38. The molecule has 0 amide bonds. The molecule has 0 aliphatic carbocycles. The van der Waals surface area contributed by atoms with Gasteiger partial charge in [-0.25, -0.2) is 0 Å². The van der Waals surface area contributed by atoms with Crippen LogP contribution in [-0.4, -0.2) is 33.6 Å². The van der Waals surface area contributed by atoms with E-state index < -0.39 is 0 Å². The monoisotopic (exact) mass is 237 g/mol. The maximum absolute atomic E-state index is 12.0. The number of hydrogen-bond donors (Lipinski definition) is 1. The fraction of sp³-hybridized carbons (Fsp3) is 0.462. The molecule has 0 saturated carbocycles. The van der Waals surface area contributed by atoms with E-state index in [9.17, 15) is 4.79 Å². The van der Waals surface area contributed by atoms with Crippen molar-refractivity contribution in [2.75, 3.05) is 27.8 Å². The Bertz CT molecular complexity index is 377. The summed E-state index contributed by atoms with van der Waals surface area (Å²) in [7, 11) is 5.01. The second-order valence-corrected chi connectivity index (χ2v) is 3.70. The highest BCUT2D eigenvalue weighted by Gasteiger charge is 2.12. The van der Waals surface area contributed by atoms with Crippen LogP contribution in [-0.2, 0) is 0 Å². The third-order valence-corrected chi connectivity index (χ3v) is 2.54. The summed E-state index contributed by atoms with van der Waals surface area (Å²) in [5.74, 6) is 1.35. The lowest BCUT2D eigenvalue weighted by Crippen LogP contribution is -2.10. The maximum atomic E-state index is 12.0. The van der Waals surface area contributed by atoms with E-state index in [4.69, 9.17) is 9.47 Å². The molecule has 0 aliphatic rings. The van der Waals surface area contributed by atoms with E-state index in [0.717, 1.165) is 13.0 Å². The molecule has 0 radical (unpaired) electrons. The van der Waals surface area contributed by atoms with E-state index in [1.807, 2.05) is 7.05 Å². The van der Waals surface area contributed by atoms with E-state index >= 15 is 0 Å². The highest BCUT2D eigenvalue weighted by molar-refractivity contribution is 5.98. The van der Waals surface area contributed by atoms with Gasteiger partial charge < -0.3 is 14.8 Å². The van der Waals surface area contributed by atoms with Gasteiger partial charge in [-0.3, -0.25) is 4.79 Å². The number of carbonyl (C=O) groups excluding carboxylic acids is 1. The summed E-state index contributed by atoms with van der Waals surface area (Å²) in [6.45, 7) is 0.838. The van der Waals surface area contributed by atoms with Crippen LogP contribution >= 0.6 is 0 Å². The number of nitrogens with one attached hydrogen (secondary N) is 1. The van der Waals surface area contributed by atoms with E-state index in [1.165, 1.54) is 0 Å². The first-order valence-corrected chi connectivity index (χ1v) is 5.62. The first-order chi connectivity index (χ1) is 8.22. The number of ketones is 1. The Labute approximate surface area is 102 Å². The number of carbonyl (C=O) groups is 1. The number of ether oxygens (including phenoxy) is 2. The van der Waals surface area contributed by atoms with Crippen molar-refractivity contribution < 1.29 is 14.3 Å². The smallest absolute Gasteiger partial charge is 0.166 e. The number of Topliss-reactive ketones (excluding diaryl/α,β-unsaturated/α-hetero) is 1. The Balaban J connectivity index is 2.78. The standard InChI is InChI=1S/C13H19NO3/c1-14-8-4-5-12(15)11-7-6-10(16-2)9-13(11)17-3/h6-7,9,14H,4-5,8H2,1-3H3. The molecule has 0 aromatic heterocycles. The minimum Gasteiger partial charge on any atom is -0.497 e. The summed E-state index contributed by atoms with van der Waals surface area (Å²) in [4.78, 5) is 12.0. The molecule has 0 unspecified atom stereocenters. The Morgan fingerprint density at radius 3 is 2.65 bits per heavy atom. The molecule has 0 fully saturated rings. The molecular weight excluding hydrogens is 218 g/mol. The molecule has 0 spiro atoms. The first-order valence-electron chi connectivity index (χ1n) is 5.62. The van der Waals surface area contributed by atoms with Crippen molar-refractivity contribution >= 4 is 5.78 Å². The molecule has 0 aliphatic heterocycles. The van der Waals surface area contributed by atoms with E-state index in [1.54, 1.807) is 32.4 Å². The number of rotatable bonds is 7. The van der Waals surface area contributed by atoms with Crippen LogP contribution in [0.1, 0.15) is 23.2 Å². The molecule has 0 bridgehead atoms. The largest absolute Gasteiger partial charge is 0.497 e. The van der Waals surface area contributed by atoms with E-state index in [2.05, 4.69) is 5.32 Å². The predicted molar refractivity (Wildman–Crippen MR) is 67.0 cm³/mol. The summed E-state index contributed by atoms with van der Waals surface area (Å²) in [6.07, 6.45) is 1.34. The molecule has 4 heteroatoms. The third kappa shape index (κ3) is 3.75. The second kappa shape index (κ2) is 6.91. The van der Waals surface area contributed by atoms with Crippen LogP contribution in [0, 0.1) is 0 Å². The van der Waals surface area contributed by atoms with Crippen LogP contribution in [0.25, 0.3) is 0 Å². The summed E-state index contributed by atoms with van der Waals surface area (Å²) < 4.78 is 10.3. The Morgan fingerprint density at radius 1 is 1.29 bits per heavy atom. The number of benzene rings is 1. The highest BCUT2D eigenvalue weighted by atomic mass is 16.5. The lowest BCUT2D eigenvalue weighted by atomic mass is 10.1. The maximum Gasteiger partial charge on any atom is 0.166 e. The molecule has 1 aromatic carbocycles. The van der Waals surface area contributed by atoms with E-state index in [-0.39, 0.29) is 5.78 Å². The molecule has 1 aromatic rings. The van der Waals surface area contributed by atoms with Gasteiger partial charge in [0.25, 0.3) is 0 Å². The Hall–Kier alpha value is -1.55. The van der Waals surface area contributed by atoms with Gasteiger partial charge in [-0.2, -0.15) is 0 Å². The lowest BCUT2D eigenvalue weighted by Gasteiger charge is -2.09. The van der Waals surface area contributed by atoms with Crippen LogP contribution in [0.15, 0.2) is 18.2 Å². The van der Waals surface area contributed by atoms with Crippen LogP contribution < -0.4 is 14.8 Å². The Kier molecular flexibility index (Phi) is 5.49. The fourth-order valence-electron chi connectivity index (χ4n) is 1.59. The zero-order chi connectivity index (χ0) is 12.7. The molecule has 1 rings (SSSR count). The number of methoxy groups -OCH3 is 2. The van der Waals surface area contributed by atoms with Crippen LogP contribution in [0.5, 0.6) is 11.5 Å². The highest BCUT2D eigenvalue weighted by Crippen LogP contribution is 2.25. The topological polar surface area (TPSA) is 47.6 Å². The third-order valence-electron chi connectivity index (χ3n) is 2.54. The molecule has 0 heterocycles. The van der Waals surface area contributed by atoms with Gasteiger partial charge in [0, 0.05) is 12.5 Å². The first kappa shape index (κ1) is 13.5. The summed E-state index contributed by atoms with van der Waals surface area (Å²) in [5, 5.41) is 3.02. The van der Waals surface area contributed by atoms with Crippen LogP contribution in [0.2, 0.25) is 0 Å². The normalized spacial score (nSPS) is 10.1. The second-order valence-electron chi connectivity index (χ2n) is 3.70. The summed E-state index contributed by atoms with van der Waals surface area (Å²) in [5.41, 5.74) is 0.615. The van der Waals surface area contributed by atoms with Crippen molar-refractivity contribution in [1.82, 2.24) is 5.32 Å². The SMILES string of the molecule is CNCCCC(=O)c1ccc(OC)cc1OC. The molecule has 0 atom stereocenters. The van der Waals surface area contributed by atoms with Crippen LogP contribution in [0.4, 0.5) is 0 Å². The van der Waals surface area contributed by atoms with Crippen molar-refractivity contribution in [2.24, 2.45) is 0 Å². The van der Waals surface area contributed by atoms with Crippen molar-refractivity contribution in [3.05, 3.63) is 23.8 Å². The molecule has 17 heavy (non-hydrogen) atoms. The fourth-order valence-corrected chi connectivity index (χ4v) is 1.59. The number of hydrogen-bond acceptors (Lipinski definition) is 4. The van der Waals surface area contributed by atoms with Gasteiger partial charge in [0.2, 0.25) is 0 Å². The minimum absolute atomic E-state index is 0.0970. The molecule has 94 valence electrons. The molecular formula is C13H19NO3. The van der Waals surface area contributed by atoms with Gasteiger partial charge in [0.05, 0.1) is 19.8 Å². The molecule has 0 saturated heterocycles. The summed E-state index contributed by atoms with van der Waals surface area (Å²) in [6, 6.07) is 5.25. The lowest BCUT2D eigenvalue weighted by molar-refractivity contribution is 0.0977. The minimum atomic E-state index is 0.0970. The van der Waals surface area contributed by atoms with Gasteiger partial charge in [0.1, 0.15) is 11.5 Å². The van der Waals surface area contributed by atoms with Gasteiger partial charge in [-0.1, -0.05) is 0 Å². The quantitative estimate of drug-likeness (QED) is 0.581. The van der Waals surface area contributed by atoms with Gasteiger partial charge in [-0.15, -0.1) is 0 Å². The van der Waals surface area contributed by atoms with Gasteiger partial charge >= 0.3 is 0 Å². The molecule has 4 nitrogen and oxygen atoms in total. The van der Waals surface area contributed by atoms with Gasteiger partial charge in [0.15, 0.2) is 5.78 Å². The Morgan fingerprint density at radius 2 is 2.06 bits per heavy atom. The van der Waals surface area contributed by atoms with Crippen LogP contribution in [0.3, 0.4) is 0 Å². The average molecular weight is 237 g/mol. The van der Waals surface area contributed by atoms with Crippen molar-refractivity contribution in [3.63, 3.8) is 0 Å². The zero-order valence-electron chi connectivity index (χ0n) is 10.6. The van der Waals surface area contributed by atoms with Crippen molar-refractivity contribution in [2.45, 2.75) is 12.8 Å². The van der Waals surface area contributed by atoms with Crippen molar-refractivity contribution in [1.29, 1.82) is 0 Å². The van der Waals surface area contributed by atoms with Crippen molar-refractivity contribution in [3.8, 4) is 11.5 Å². The zero-order valence-corrected chi connectivity index (χ0v) is 10.6. The van der Waals surface area contributed by atoms with E-state index in [0.29, 0.717) is 23.5 Å². The van der Waals surface area contributed by atoms with Gasteiger partial charge in [-0.05, 0) is 32.1 Å². The predicted octanol–water partition coefficient (Wildman–Crippen LogP) is 1.89. The molecule has 1 N–H and O–H groups in total. The summed E-state index contributed by atoms with van der Waals surface area (Å²) >= 11 is 0.